The number of hydrogen-bond donors (Lipinski definition) is 0. The van der Waals surface area contributed by atoms with Crippen LogP contribution in [0.15, 0.2) is 104 Å². The van der Waals surface area contributed by atoms with Crippen molar-refractivity contribution in [1.29, 1.82) is 0 Å². The number of nitrogens with zero attached hydrogens (tertiary/aromatic N) is 4. The normalized spacial score (nSPS) is 20.1. The zero-order valence-corrected chi connectivity index (χ0v) is 30.3. The molecule has 0 spiro atoms. The summed E-state index contributed by atoms with van der Waals surface area (Å²) in [6.45, 7) is 9.74. The molecule has 2 fully saturated rings. The number of imide groups is 4. The summed E-state index contributed by atoms with van der Waals surface area (Å²) in [7, 11) is 2.64. The lowest BCUT2D eigenvalue weighted by molar-refractivity contribution is -0.157. The van der Waals surface area contributed by atoms with Crippen LogP contribution in [-0.4, -0.2) is 94.0 Å². The van der Waals surface area contributed by atoms with Gasteiger partial charge in [-0.2, -0.15) is 0 Å². The molecule has 0 saturated carbocycles. The van der Waals surface area contributed by atoms with E-state index in [1.165, 1.54) is 34.0 Å². The van der Waals surface area contributed by atoms with Crippen LogP contribution in [-0.2, 0) is 25.6 Å². The molecule has 0 bridgehead atoms. The van der Waals surface area contributed by atoms with Crippen molar-refractivity contribution in [2.75, 3.05) is 27.2 Å². The lowest BCUT2D eigenvalue weighted by atomic mass is 9.79. The highest BCUT2D eigenvalue weighted by Gasteiger charge is 2.54. The summed E-state index contributed by atoms with van der Waals surface area (Å²) in [5, 5.41) is 0. The highest BCUT2D eigenvalue weighted by atomic mass is 16.2. The van der Waals surface area contributed by atoms with Gasteiger partial charge in [-0.15, -0.1) is 6.58 Å². The molecule has 2 heterocycles. The van der Waals surface area contributed by atoms with Gasteiger partial charge in [0, 0.05) is 25.2 Å². The van der Waals surface area contributed by atoms with Gasteiger partial charge in [0.1, 0.15) is 10.8 Å². The molecule has 5 rings (SSSR count). The average Bonchev–Trinajstić information content (AvgIpc) is 3.17. The Morgan fingerprint density at radius 3 is 1.31 bits per heavy atom. The lowest BCUT2D eigenvalue weighted by Gasteiger charge is -2.40. The number of Topliss-reactive ketones (excluding diaryl/α,β-unsaturated/α-hetero) is 2. The quantitative estimate of drug-likeness (QED) is 0.154. The molecule has 0 radical (unpaired) electrons. The predicted octanol–water partition coefficient (Wildman–Crippen LogP) is 5.44. The minimum absolute atomic E-state index is 0.0955. The van der Waals surface area contributed by atoms with Crippen LogP contribution in [0.1, 0.15) is 60.4 Å². The molecular formula is C40H44N4O8. The number of carbonyl (C=O) groups is 8. The minimum Gasteiger partial charge on any atom is -0.292 e. The van der Waals surface area contributed by atoms with Gasteiger partial charge in [-0.1, -0.05) is 111 Å². The summed E-state index contributed by atoms with van der Waals surface area (Å²) in [5.41, 5.74) is -1.25. The maximum atomic E-state index is 13.1. The van der Waals surface area contributed by atoms with E-state index in [-0.39, 0.29) is 24.4 Å². The Labute approximate surface area is 303 Å². The largest absolute Gasteiger partial charge is 0.333 e. The molecule has 8 amide bonds. The van der Waals surface area contributed by atoms with Crippen LogP contribution in [0.5, 0.6) is 0 Å². The second kappa shape index (κ2) is 17.3. The van der Waals surface area contributed by atoms with Crippen LogP contribution in [0.2, 0.25) is 0 Å². The molecule has 12 heteroatoms. The molecular weight excluding hydrogens is 664 g/mol. The van der Waals surface area contributed by atoms with Gasteiger partial charge in [-0.05, 0) is 32.3 Å². The Kier molecular flexibility index (Phi) is 13.4. The summed E-state index contributed by atoms with van der Waals surface area (Å²) in [6.07, 6.45) is 1.70. The molecule has 2 unspecified atom stereocenters. The summed E-state index contributed by atoms with van der Waals surface area (Å²) >= 11 is 0. The number of barbiturate groups is 2. The van der Waals surface area contributed by atoms with Crippen molar-refractivity contribution in [2.24, 2.45) is 10.8 Å². The van der Waals surface area contributed by atoms with Crippen LogP contribution in [0, 0.1) is 10.8 Å². The van der Waals surface area contributed by atoms with Gasteiger partial charge < -0.3 is 0 Å². The smallest absolute Gasteiger partial charge is 0.292 e. The Bertz CT molecular complexity index is 1850. The third kappa shape index (κ3) is 8.28. The maximum absolute atomic E-state index is 13.1. The predicted molar refractivity (Wildman–Crippen MR) is 194 cm³/mol. The first-order chi connectivity index (χ1) is 24.7. The molecule has 0 aliphatic carbocycles. The second-order valence-electron chi connectivity index (χ2n) is 12.5. The number of hydrogen-bond acceptors (Lipinski definition) is 8. The Morgan fingerprint density at radius 1 is 0.577 bits per heavy atom. The standard InChI is InChI=1S/C21H20N2O4.C17H18N2O4.C2H6/c1-21(13-15-9-5-3-6-10-15)18(25)22(2)20(27)23(19(21)26)14-17(24)16-11-7-4-8-12-16;1-4-10-17(2)14(21)18(3)16(23)19(15(17)22)11-13(20)12-8-6-5-7-9-12;1-2/h3-12H,13-14H2,1-2H3;4-9H,1,10-11H2,2-3H3;1-2H3. The summed E-state index contributed by atoms with van der Waals surface area (Å²) in [4.78, 5) is 104. The highest BCUT2D eigenvalue weighted by Crippen LogP contribution is 2.33. The monoisotopic (exact) mass is 708 g/mol. The number of allylic oxidation sites excluding steroid dienone is 1. The number of carbonyl (C=O) groups excluding carboxylic acids is 8. The summed E-state index contributed by atoms with van der Waals surface area (Å²) in [6, 6.07) is 24.4. The third-order valence-corrected chi connectivity index (χ3v) is 8.77. The van der Waals surface area contributed by atoms with E-state index in [4.69, 9.17) is 0 Å². The van der Waals surface area contributed by atoms with Crippen molar-refractivity contribution in [3.05, 3.63) is 120 Å². The van der Waals surface area contributed by atoms with Crippen LogP contribution < -0.4 is 0 Å². The fourth-order valence-electron chi connectivity index (χ4n) is 5.84. The van der Waals surface area contributed by atoms with E-state index in [2.05, 4.69) is 6.58 Å². The first-order valence-corrected chi connectivity index (χ1v) is 16.8. The van der Waals surface area contributed by atoms with Gasteiger partial charge in [-0.3, -0.25) is 48.4 Å². The lowest BCUT2D eigenvalue weighted by Crippen LogP contribution is -2.64. The van der Waals surface area contributed by atoms with Crippen molar-refractivity contribution in [3.63, 3.8) is 0 Å². The van der Waals surface area contributed by atoms with Gasteiger partial charge >= 0.3 is 12.1 Å². The maximum Gasteiger partial charge on any atom is 0.333 e. The Morgan fingerprint density at radius 2 is 0.923 bits per heavy atom. The van der Waals surface area contributed by atoms with E-state index in [0.717, 1.165) is 25.2 Å². The number of rotatable bonds is 10. The number of benzene rings is 3. The van der Waals surface area contributed by atoms with E-state index in [1.54, 1.807) is 60.7 Å². The van der Waals surface area contributed by atoms with Gasteiger partial charge in [0.05, 0.1) is 13.1 Å². The summed E-state index contributed by atoms with van der Waals surface area (Å²) in [5.74, 6) is -3.20. The topological polar surface area (TPSA) is 150 Å². The molecule has 52 heavy (non-hydrogen) atoms. The van der Waals surface area contributed by atoms with E-state index >= 15 is 0 Å². The van der Waals surface area contributed by atoms with E-state index in [0.29, 0.717) is 11.1 Å². The summed E-state index contributed by atoms with van der Waals surface area (Å²) < 4.78 is 0. The van der Waals surface area contributed by atoms with Crippen LogP contribution in [0.25, 0.3) is 0 Å². The number of urea groups is 2. The zero-order valence-electron chi connectivity index (χ0n) is 30.3. The minimum atomic E-state index is -1.44. The zero-order chi connectivity index (χ0) is 38.8. The van der Waals surface area contributed by atoms with Crippen molar-refractivity contribution >= 4 is 47.3 Å². The molecule has 2 atom stereocenters. The Hall–Kier alpha value is -6.04. The third-order valence-electron chi connectivity index (χ3n) is 8.77. The van der Waals surface area contributed by atoms with E-state index in [1.807, 2.05) is 44.2 Å². The molecule has 0 N–H and O–H groups in total. The van der Waals surface area contributed by atoms with E-state index in [9.17, 15) is 38.4 Å². The molecule has 2 saturated heterocycles. The average molecular weight is 709 g/mol. The molecule has 272 valence electrons. The van der Waals surface area contributed by atoms with Gasteiger partial charge in [0.15, 0.2) is 11.6 Å². The van der Waals surface area contributed by atoms with Crippen LogP contribution in [0.3, 0.4) is 0 Å². The fourth-order valence-corrected chi connectivity index (χ4v) is 5.84. The van der Waals surface area contributed by atoms with Crippen molar-refractivity contribution in [2.45, 2.75) is 40.5 Å². The molecule has 3 aromatic carbocycles. The van der Waals surface area contributed by atoms with Gasteiger partial charge in [0.25, 0.3) is 0 Å². The molecule has 2 aliphatic heterocycles. The van der Waals surface area contributed by atoms with Crippen molar-refractivity contribution in [3.8, 4) is 0 Å². The number of ketones is 2. The second-order valence-corrected chi connectivity index (χ2v) is 12.5. The molecule has 3 aromatic rings. The molecule has 12 nitrogen and oxygen atoms in total. The first-order valence-electron chi connectivity index (χ1n) is 16.8. The molecule has 2 aliphatic rings. The van der Waals surface area contributed by atoms with Gasteiger partial charge in [0.2, 0.25) is 23.6 Å². The van der Waals surface area contributed by atoms with Crippen LogP contribution >= 0.6 is 0 Å². The highest BCUT2D eigenvalue weighted by molar-refractivity contribution is 6.21. The molecule has 0 aromatic heterocycles. The SMILES string of the molecule is C=CCC1(C)C(=O)N(C)C(=O)N(CC(=O)c2ccccc2)C1=O.CC.CN1C(=O)N(CC(=O)c2ccccc2)C(=O)C(C)(Cc2ccccc2)C1=O. The van der Waals surface area contributed by atoms with Gasteiger partial charge in [-0.25, -0.2) is 9.59 Å². The number of amides is 8. The first kappa shape index (κ1) is 40.4. The fraction of sp³-hybridized carbons (Fsp3) is 0.300. The van der Waals surface area contributed by atoms with Crippen molar-refractivity contribution in [1.82, 2.24) is 19.6 Å². The van der Waals surface area contributed by atoms with Crippen molar-refractivity contribution < 1.29 is 38.4 Å². The Balaban J connectivity index is 0.000000271. The van der Waals surface area contributed by atoms with E-state index < -0.39 is 59.6 Å². The van der Waals surface area contributed by atoms with Crippen LogP contribution in [0.4, 0.5) is 9.59 Å².